The molecular weight excluding hydrogens is 334 g/mol. The number of rotatable bonds is 5. The van der Waals surface area contributed by atoms with E-state index in [4.69, 9.17) is 4.74 Å². The molecule has 26 heavy (non-hydrogen) atoms. The summed E-state index contributed by atoms with van der Waals surface area (Å²) in [4.78, 5) is 38.8. The first-order valence-corrected chi connectivity index (χ1v) is 8.22. The first-order valence-electron chi connectivity index (χ1n) is 8.22. The number of para-hydroxylation sites is 2. The number of carbonyl (C=O) groups is 1. The van der Waals surface area contributed by atoms with Crippen molar-refractivity contribution in [1.29, 1.82) is 0 Å². The molecule has 0 aliphatic heterocycles. The molecule has 1 amide bonds. The highest BCUT2D eigenvalue weighted by Crippen LogP contribution is 2.17. The topological polar surface area (TPSA) is 93.2 Å². The van der Waals surface area contributed by atoms with Crippen LogP contribution in [-0.2, 0) is 11.3 Å². The molecule has 0 spiro atoms. The van der Waals surface area contributed by atoms with Crippen LogP contribution in [0.4, 0.5) is 5.69 Å². The van der Waals surface area contributed by atoms with Gasteiger partial charge < -0.3 is 15.0 Å². The zero-order valence-corrected chi connectivity index (χ0v) is 14.5. The van der Waals surface area contributed by atoms with Crippen LogP contribution < -0.4 is 21.2 Å². The molecule has 0 bridgehead atoms. The molecule has 3 rings (SSSR count). The number of nitrogens with one attached hydrogen (secondary N) is 2. The van der Waals surface area contributed by atoms with Crippen LogP contribution in [0.3, 0.4) is 0 Å². The molecule has 7 nitrogen and oxygen atoms in total. The van der Waals surface area contributed by atoms with E-state index in [-0.39, 0.29) is 12.6 Å². The summed E-state index contributed by atoms with van der Waals surface area (Å²) in [7, 11) is 0. The first-order chi connectivity index (χ1) is 12.4. The van der Waals surface area contributed by atoms with Gasteiger partial charge in [-0.1, -0.05) is 12.1 Å². The van der Waals surface area contributed by atoms with E-state index in [1.54, 1.807) is 48.5 Å². The zero-order valence-electron chi connectivity index (χ0n) is 14.5. The number of aromatic nitrogens is 2. The fourth-order valence-corrected chi connectivity index (χ4v) is 2.61. The summed E-state index contributed by atoms with van der Waals surface area (Å²) in [6.07, 6.45) is 0.0618. The van der Waals surface area contributed by atoms with Gasteiger partial charge >= 0.3 is 11.1 Å². The monoisotopic (exact) mass is 353 g/mol. The second kappa shape index (κ2) is 7.26. The molecule has 0 aliphatic carbocycles. The SMILES string of the molecule is CC(C)Oc1ccc(NC(=O)Cn2c(=O)c(=O)[nH]c3ccccc32)cc1. The van der Waals surface area contributed by atoms with Gasteiger partial charge in [0.05, 0.1) is 17.1 Å². The van der Waals surface area contributed by atoms with Crippen molar-refractivity contribution >= 4 is 22.6 Å². The summed E-state index contributed by atoms with van der Waals surface area (Å²) in [5, 5.41) is 2.72. The Morgan fingerprint density at radius 3 is 2.50 bits per heavy atom. The Labute approximate surface area is 149 Å². The predicted octanol–water partition coefficient (Wildman–Crippen LogP) is 2.12. The van der Waals surface area contributed by atoms with Crippen molar-refractivity contribution < 1.29 is 9.53 Å². The third-order valence-electron chi connectivity index (χ3n) is 3.69. The summed E-state index contributed by atoms with van der Waals surface area (Å²) in [6, 6.07) is 13.8. The smallest absolute Gasteiger partial charge is 0.317 e. The van der Waals surface area contributed by atoms with Crippen LogP contribution in [0.25, 0.3) is 11.0 Å². The number of hydrogen-bond donors (Lipinski definition) is 2. The molecule has 0 aliphatic rings. The highest BCUT2D eigenvalue weighted by atomic mass is 16.5. The lowest BCUT2D eigenvalue weighted by molar-refractivity contribution is -0.116. The fraction of sp³-hybridized carbons (Fsp3) is 0.211. The lowest BCUT2D eigenvalue weighted by Crippen LogP contribution is -2.38. The van der Waals surface area contributed by atoms with Gasteiger partial charge in [0.2, 0.25) is 5.91 Å². The van der Waals surface area contributed by atoms with Crippen LogP contribution in [0.5, 0.6) is 5.75 Å². The maximum atomic E-state index is 12.3. The Kier molecular flexibility index (Phi) is 4.88. The number of nitrogens with zero attached hydrogens (tertiary/aromatic N) is 1. The second-order valence-corrected chi connectivity index (χ2v) is 6.10. The maximum absolute atomic E-state index is 12.3. The largest absolute Gasteiger partial charge is 0.491 e. The van der Waals surface area contributed by atoms with Crippen molar-refractivity contribution in [3.05, 3.63) is 69.2 Å². The molecule has 1 aromatic heterocycles. The summed E-state index contributed by atoms with van der Waals surface area (Å²) in [5.74, 6) is 0.301. The third kappa shape index (κ3) is 3.83. The van der Waals surface area contributed by atoms with Crippen molar-refractivity contribution in [3.8, 4) is 5.75 Å². The van der Waals surface area contributed by atoms with Crippen molar-refractivity contribution in [3.63, 3.8) is 0 Å². The minimum Gasteiger partial charge on any atom is -0.491 e. The van der Waals surface area contributed by atoms with Gasteiger partial charge in [-0.05, 0) is 50.2 Å². The van der Waals surface area contributed by atoms with Crippen molar-refractivity contribution in [1.82, 2.24) is 9.55 Å². The third-order valence-corrected chi connectivity index (χ3v) is 3.69. The van der Waals surface area contributed by atoms with Gasteiger partial charge in [0.1, 0.15) is 12.3 Å². The summed E-state index contributed by atoms with van der Waals surface area (Å²) >= 11 is 0. The fourth-order valence-electron chi connectivity index (χ4n) is 2.61. The van der Waals surface area contributed by atoms with Crippen LogP contribution in [0.2, 0.25) is 0 Å². The second-order valence-electron chi connectivity index (χ2n) is 6.10. The number of anilines is 1. The van der Waals surface area contributed by atoms with Gasteiger partial charge in [0.25, 0.3) is 0 Å². The zero-order chi connectivity index (χ0) is 18.7. The highest BCUT2D eigenvalue weighted by molar-refractivity contribution is 5.91. The molecule has 134 valence electrons. The number of ether oxygens (including phenoxy) is 1. The van der Waals surface area contributed by atoms with E-state index in [9.17, 15) is 14.4 Å². The molecule has 3 aromatic rings. The van der Waals surface area contributed by atoms with Crippen molar-refractivity contribution in [2.45, 2.75) is 26.5 Å². The Morgan fingerprint density at radius 2 is 1.81 bits per heavy atom. The van der Waals surface area contributed by atoms with Gasteiger partial charge in [-0.2, -0.15) is 0 Å². The van der Waals surface area contributed by atoms with Gasteiger partial charge in [0.15, 0.2) is 0 Å². The van der Waals surface area contributed by atoms with Gasteiger partial charge in [0, 0.05) is 5.69 Å². The molecule has 1 heterocycles. The quantitative estimate of drug-likeness (QED) is 0.687. The van der Waals surface area contributed by atoms with E-state index < -0.39 is 17.0 Å². The molecule has 0 atom stereocenters. The standard InChI is InChI=1S/C19H19N3O4/c1-12(2)26-14-9-7-13(8-10-14)20-17(23)11-22-16-6-4-3-5-15(16)21-18(24)19(22)25/h3-10,12H,11H2,1-2H3,(H,20,23)(H,21,24). The maximum Gasteiger partial charge on any atom is 0.317 e. The van der Waals surface area contributed by atoms with E-state index in [0.29, 0.717) is 22.5 Å². The van der Waals surface area contributed by atoms with Gasteiger partial charge in [-0.3, -0.25) is 19.0 Å². The van der Waals surface area contributed by atoms with E-state index in [2.05, 4.69) is 10.3 Å². The Balaban J connectivity index is 1.80. The highest BCUT2D eigenvalue weighted by Gasteiger charge is 2.11. The van der Waals surface area contributed by atoms with E-state index in [1.165, 1.54) is 4.57 Å². The lowest BCUT2D eigenvalue weighted by atomic mass is 10.3. The average molecular weight is 353 g/mol. The van der Waals surface area contributed by atoms with Crippen molar-refractivity contribution in [2.24, 2.45) is 0 Å². The molecule has 0 fully saturated rings. The van der Waals surface area contributed by atoms with Crippen LogP contribution >= 0.6 is 0 Å². The number of hydrogen-bond acceptors (Lipinski definition) is 4. The van der Waals surface area contributed by atoms with Crippen molar-refractivity contribution in [2.75, 3.05) is 5.32 Å². The molecule has 7 heteroatoms. The molecule has 2 aromatic carbocycles. The number of fused-ring (bicyclic) bond motifs is 1. The number of amides is 1. The van der Waals surface area contributed by atoms with Gasteiger partial charge in [-0.25, -0.2) is 0 Å². The van der Waals surface area contributed by atoms with Crippen LogP contribution in [-0.4, -0.2) is 21.6 Å². The minimum absolute atomic E-state index is 0.0618. The Bertz CT molecular complexity index is 1050. The van der Waals surface area contributed by atoms with Crippen LogP contribution in [0.15, 0.2) is 58.1 Å². The molecule has 2 N–H and O–H groups in total. The molecule has 0 saturated heterocycles. The van der Waals surface area contributed by atoms with E-state index >= 15 is 0 Å². The minimum atomic E-state index is -0.764. The predicted molar refractivity (Wildman–Crippen MR) is 99.7 cm³/mol. The Morgan fingerprint density at radius 1 is 1.12 bits per heavy atom. The number of H-pyrrole nitrogens is 1. The average Bonchev–Trinajstić information content (AvgIpc) is 2.60. The molecule has 0 radical (unpaired) electrons. The molecule has 0 saturated carbocycles. The Hall–Kier alpha value is -3.35. The van der Waals surface area contributed by atoms with Crippen LogP contribution in [0, 0.1) is 0 Å². The van der Waals surface area contributed by atoms with E-state index in [0.717, 1.165) is 0 Å². The lowest BCUT2D eigenvalue weighted by Gasteiger charge is -2.12. The normalized spacial score (nSPS) is 10.9. The van der Waals surface area contributed by atoms with Crippen LogP contribution in [0.1, 0.15) is 13.8 Å². The van der Waals surface area contributed by atoms with Gasteiger partial charge in [-0.15, -0.1) is 0 Å². The number of benzene rings is 2. The first kappa shape index (κ1) is 17.5. The summed E-state index contributed by atoms with van der Waals surface area (Å²) < 4.78 is 6.72. The van der Waals surface area contributed by atoms with E-state index in [1.807, 2.05) is 13.8 Å². The number of aromatic amines is 1. The summed E-state index contributed by atoms with van der Waals surface area (Å²) in [5.41, 5.74) is 0.0486. The number of carbonyl (C=O) groups excluding carboxylic acids is 1. The molecule has 0 unspecified atom stereocenters. The summed E-state index contributed by atoms with van der Waals surface area (Å²) in [6.45, 7) is 3.60. The molecular formula is C19H19N3O4.